The lowest BCUT2D eigenvalue weighted by atomic mass is 10.2. The molecule has 17 heavy (non-hydrogen) atoms. The van der Waals surface area contributed by atoms with Crippen molar-refractivity contribution in [2.24, 2.45) is 0 Å². The van der Waals surface area contributed by atoms with Crippen molar-refractivity contribution in [1.29, 1.82) is 0 Å². The highest BCUT2D eigenvalue weighted by Crippen LogP contribution is 2.53. The summed E-state index contributed by atoms with van der Waals surface area (Å²) in [5.41, 5.74) is 0. The van der Waals surface area contributed by atoms with Gasteiger partial charge < -0.3 is 0 Å². The summed E-state index contributed by atoms with van der Waals surface area (Å²) in [5, 5.41) is 0. The maximum atomic E-state index is 11.6. The zero-order valence-corrected chi connectivity index (χ0v) is 12.8. The van der Waals surface area contributed by atoms with Crippen LogP contribution >= 0.6 is 18.2 Å². The summed E-state index contributed by atoms with van der Waals surface area (Å²) in [6.45, 7) is 1.81. The summed E-state index contributed by atoms with van der Waals surface area (Å²) >= 11 is 5.67. The Hall–Kier alpha value is 0.440. The lowest BCUT2D eigenvalue weighted by molar-refractivity contribution is 0.211. The van der Waals surface area contributed by atoms with Crippen LogP contribution in [-0.4, -0.2) is 13.2 Å². The molecule has 0 saturated heterocycles. The van der Waals surface area contributed by atoms with E-state index in [4.69, 9.17) is 20.3 Å². The summed E-state index contributed by atoms with van der Waals surface area (Å²) in [6.07, 6.45) is 8.70. The van der Waals surface area contributed by atoms with Gasteiger partial charge >= 0.3 is 6.95 Å². The van der Waals surface area contributed by atoms with E-state index in [-0.39, 0.29) is 0 Å². The van der Waals surface area contributed by atoms with E-state index in [9.17, 15) is 4.57 Å². The first-order valence-corrected chi connectivity index (χ1v) is 9.16. The molecule has 0 saturated carbocycles. The van der Waals surface area contributed by atoms with Crippen molar-refractivity contribution < 1.29 is 13.6 Å². The van der Waals surface area contributed by atoms with E-state index in [1.165, 1.54) is 19.3 Å². The smallest absolute Gasteiger partial charge is 0.297 e. The molecule has 0 N–H and O–H groups in total. The van der Waals surface area contributed by atoms with Gasteiger partial charge in [0.1, 0.15) is 0 Å². The number of rotatable bonds is 12. The molecule has 0 fully saturated rings. The van der Waals surface area contributed by atoms with Crippen LogP contribution in [0.15, 0.2) is 0 Å². The number of unbranched alkanes of at least 4 members (excludes halogenated alkanes) is 6. The molecule has 0 spiro atoms. The second-order valence-corrected chi connectivity index (χ2v) is 6.84. The minimum Gasteiger partial charge on any atom is -0.297 e. The zero-order chi connectivity index (χ0) is 13.0. The summed E-state index contributed by atoms with van der Waals surface area (Å²) in [6, 6.07) is 0. The van der Waals surface area contributed by atoms with Crippen LogP contribution in [0.3, 0.4) is 0 Å². The molecule has 1 atom stereocenters. The topological polar surface area (TPSA) is 35.5 Å². The molecule has 0 aliphatic carbocycles. The molecule has 1 unspecified atom stereocenters. The van der Waals surface area contributed by atoms with Crippen molar-refractivity contribution in [3.8, 4) is 0 Å². The molecule has 0 aliphatic heterocycles. The summed E-state index contributed by atoms with van der Waals surface area (Å²) in [5.74, 6) is 0. The van der Waals surface area contributed by atoms with Crippen LogP contribution in [0.4, 0.5) is 0 Å². The first kappa shape index (κ1) is 17.4. The monoisotopic (exact) mass is 284 g/mol. The van der Waals surface area contributed by atoms with Gasteiger partial charge in [0.15, 0.2) is 0 Å². The molecular formula is C12H26ClO3P. The Kier molecular flexibility index (Phi) is 11.8. The van der Waals surface area contributed by atoms with Crippen LogP contribution < -0.4 is 0 Å². The average molecular weight is 285 g/mol. The van der Waals surface area contributed by atoms with Crippen molar-refractivity contribution in [1.82, 2.24) is 0 Å². The standard InChI is InChI=1S/C12H26ClO3P/c1-3-5-7-8-10-12-16-17(13,14)15-11-9-6-4-2/h3-12H2,1-2H3. The molecule has 104 valence electrons. The quantitative estimate of drug-likeness (QED) is 0.349. The van der Waals surface area contributed by atoms with Crippen LogP contribution in [0.2, 0.25) is 0 Å². The zero-order valence-electron chi connectivity index (χ0n) is 11.1. The fourth-order valence-corrected chi connectivity index (χ4v) is 2.63. The second-order valence-electron chi connectivity index (χ2n) is 4.22. The Morgan fingerprint density at radius 2 is 1.24 bits per heavy atom. The molecule has 0 aromatic rings. The number of hydrogen-bond acceptors (Lipinski definition) is 3. The van der Waals surface area contributed by atoms with E-state index in [0.29, 0.717) is 13.2 Å². The maximum Gasteiger partial charge on any atom is 0.424 e. The second kappa shape index (κ2) is 11.5. The Balaban J connectivity index is 3.40. The fraction of sp³-hybridized carbons (Fsp3) is 1.00. The highest BCUT2D eigenvalue weighted by atomic mass is 35.7. The predicted octanol–water partition coefficient (Wildman–Crippen LogP) is 5.53. The van der Waals surface area contributed by atoms with Crippen LogP contribution in [-0.2, 0) is 13.6 Å². The van der Waals surface area contributed by atoms with Gasteiger partial charge in [-0.25, -0.2) is 4.57 Å². The van der Waals surface area contributed by atoms with E-state index in [2.05, 4.69) is 13.8 Å². The van der Waals surface area contributed by atoms with Gasteiger partial charge in [-0.1, -0.05) is 52.4 Å². The molecule has 0 aromatic carbocycles. The van der Waals surface area contributed by atoms with E-state index < -0.39 is 6.95 Å². The number of halogens is 1. The molecule has 3 nitrogen and oxygen atoms in total. The van der Waals surface area contributed by atoms with Gasteiger partial charge in [0, 0.05) is 11.2 Å². The molecule has 0 aromatic heterocycles. The SMILES string of the molecule is CCCCCCCOP(=O)(Cl)OCCCCC. The van der Waals surface area contributed by atoms with E-state index >= 15 is 0 Å². The van der Waals surface area contributed by atoms with Gasteiger partial charge in [0.2, 0.25) is 0 Å². The van der Waals surface area contributed by atoms with Crippen molar-refractivity contribution in [3.05, 3.63) is 0 Å². The maximum absolute atomic E-state index is 11.6. The third-order valence-electron chi connectivity index (χ3n) is 2.49. The van der Waals surface area contributed by atoms with Gasteiger partial charge in [-0.15, -0.1) is 0 Å². The van der Waals surface area contributed by atoms with E-state index in [1.54, 1.807) is 0 Å². The van der Waals surface area contributed by atoms with Crippen molar-refractivity contribution in [2.45, 2.75) is 65.2 Å². The summed E-state index contributed by atoms with van der Waals surface area (Å²) < 4.78 is 21.7. The molecule has 0 aliphatic rings. The normalized spacial score (nSPS) is 14.8. The van der Waals surface area contributed by atoms with Crippen molar-refractivity contribution in [3.63, 3.8) is 0 Å². The lowest BCUT2D eigenvalue weighted by Gasteiger charge is -2.11. The highest BCUT2D eigenvalue weighted by molar-refractivity contribution is 7.81. The lowest BCUT2D eigenvalue weighted by Crippen LogP contribution is -1.95. The molecule has 0 heterocycles. The van der Waals surface area contributed by atoms with Crippen LogP contribution in [0.1, 0.15) is 65.2 Å². The Bertz CT molecular complexity index is 212. The van der Waals surface area contributed by atoms with Crippen LogP contribution in [0.25, 0.3) is 0 Å². The largest absolute Gasteiger partial charge is 0.424 e. The van der Waals surface area contributed by atoms with E-state index in [0.717, 1.165) is 32.1 Å². The first-order chi connectivity index (χ1) is 8.12. The van der Waals surface area contributed by atoms with Crippen molar-refractivity contribution >= 4 is 18.2 Å². The van der Waals surface area contributed by atoms with Crippen LogP contribution in [0.5, 0.6) is 0 Å². The average Bonchev–Trinajstić information content (AvgIpc) is 2.29. The minimum absolute atomic E-state index is 0.421. The third-order valence-corrected chi connectivity index (χ3v) is 4.05. The van der Waals surface area contributed by atoms with Gasteiger partial charge in [-0.3, -0.25) is 9.05 Å². The fourth-order valence-electron chi connectivity index (χ4n) is 1.44. The van der Waals surface area contributed by atoms with Crippen LogP contribution in [0, 0.1) is 0 Å². The first-order valence-electron chi connectivity index (χ1n) is 6.71. The Morgan fingerprint density at radius 3 is 1.76 bits per heavy atom. The Labute approximate surface area is 111 Å². The van der Waals surface area contributed by atoms with Gasteiger partial charge in [0.25, 0.3) is 0 Å². The molecule has 0 rings (SSSR count). The molecule has 0 bridgehead atoms. The number of hydrogen-bond donors (Lipinski definition) is 0. The molecule has 5 heteroatoms. The van der Waals surface area contributed by atoms with Gasteiger partial charge in [-0.05, 0) is 12.8 Å². The van der Waals surface area contributed by atoms with E-state index in [1.807, 2.05) is 0 Å². The van der Waals surface area contributed by atoms with Crippen molar-refractivity contribution in [2.75, 3.05) is 13.2 Å². The highest BCUT2D eigenvalue weighted by Gasteiger charge is 2.19. The summed E-state index contributed by atoms with van der Waals surface area (Å²) in [4.78, 5) is 0. The minimum atomic E-state index is -3.32. The van der Waals surface area contributed by atoms with Gasteiger partial charge in [-0.2, -0.15) is 0 Å². The molecule has 0 radical (unpaired) electrons. The molecule has 0 amide bonds. The summed E-state index contributed by atoms with van der Waals surface area (Å²) in [7, 11) is 0. The van der Waals surface area contributed by atoms with Gasteiger partial charge in [0.05, 0.1) is 13.2 Å². The third kappa shape index (κ3) is 12.7. The Morgan fingerprint density at radius 1 is 0.824 bits per heavy atom. The molecular weight excluding hydrogens is 259 g/mol. The predicted molar refractivity (Wildman–Crippen MR) is 73.6 cm³/mol.